The highest BCUT2D eigenvalue weighted by Crippen LogP contribution is 2.25. The molecule has 8 nitrogen and oxygen atoms in total. The van der Waals surface area contributed by atoms with E-state index in [1.807, 2.05) is 12.1 Å². The molecule has 0 saturated heterocycles. The van der Waals surface area contributed by atoms with Crippen LogP contribution in [0.1, 0.15) is 21.9 Å². The maximum atomic E-state index is 13.5. The van der Waals surface area contributed by atoms with Gasteiger partial charge in [-0.15, -0.1) is 0 Å². The molecule has 0 spiro atoms. The number of pyridine rings is 1. The second-order valence-electron chi connectivity index (χ2n) is 7.72. The van der Waals surface area contributed by atoms with Crippen LogP contribution in [0.3, 0.4) is 0 Å². The minimum Gasteiger partial charge on any atom is -0.495 e. The molecule has 4 rings (SSSR count). The molecule has 0 aliphatic rings. The summed E-state index contributed by atoms with van der Waals surface area (Å²) < 4.78 is 43.8. The van der Waals surface area contributed by atoms with Crippen LogP contribution in [0, 0.1) is 13.8 Å². The Labute approximate surface area is 203 Å². The van der Waals surface area contributed by atoms with Gasteiger partial charge in [0.2, 0.25) is 0 Å². The number of sulfonamides is 1. The summed E-state index contributed by atoms with van der Waals surface area (Å²) >= 11 is 0. The highest BCUT2D eigenvalue weighted by Gasteiger charge is 2.33. The van der Waals surface area contributed by atoms with Gasteiger partial charge >= 0.3 is 5.91 Å². The molecule has 0 bridgehead atoms. The van der Waals surface area contributed by atoms with E-state index in [1.54, 1.807) is 75.7 Å². The number of rotatable bonds is 8. The van der Waals surface area contributed by atoms with Gasteiger partial charge in [0.05, 0.1) is 23.9 Å². The van der Waals surface area contributed by atoms with Crippen molar-refractivity contribution in [3.8, 4) is 22.8 Å². The molecule has 2 heterocycles. The van der Waals surface area contributed by atoms with Crippen LogP contribution < -0.4 is 9.47 Å². The molecule has 1 amide bonds. The van der Waals surface area contributed by atoms with Crippen LogP contribution in [0.5, 0.6) is 11.5 Å². The van der Waals surface area contributed by atoms with Gasteiger partial charge in [0.15, 0.2) is 12.5 Å². The van der Waals surface area contributed by atoms with Gasteiger partial charge in [0, 0.05) is 5.56 Å². The smallest absolute Gasteiger partial charge is 0.306 e. The molecule has 0 aliphatic heterocycles. The molecule has 0 saturated carbocycles. The van der Waals surface area contributed by atoms with Gasteiger partial charge in [-0.2, -0.15) is 4.31 Å². The Kier molecular flexibility index (Phi) is 6.88. The lowest BCUT2D eigenvalue weighted by Crippen LogP contribution is -2.39. The van der Waals surface area contributed by atoms with Gasteiger partial charge in [-0.25, -0.2) is 8.42 Å². The molecule has 180 valence electrons. The number of furan rings is 1. The van der Waals surface area contributed by atoms with E-state index in [1.165, 1.54) is 12.1 Å². The summed E-state index contributed by atoms with van der Waals surface area (Å²) in [6, 6.07) is 20.1. The van der Waals surface area contributed by atoms with Gasteiger partial charge in [-0.3, -0.25) is 9.78 Å². The predicted octanol–water partition coefficient (Wildman–Crippen LogP) is 4.83. The van der Waals surface area contributed by atoms with Crippen molar-refractivity contribution in [1.29, 1.82) is 0 Å². The summed E-state index contributed by atoms with van der Waals surface area (Å²) in [5.74, 6) is 0.616. The van der Waals surface area contributed by atoms with Gasteiger partial charge < -0.3 is 13.9 Å². The Balaban J connectivity index is 1.59. The van der Waals surface area contributed by atoms with Gasteiger partial charge in [-0.1, -0.05) is 18.2 Å². The lowest BCUT2D eigenvalue weighted by atomic mass is 10.1. The normalized spacial score (nSPS) is 11.2. The largest absolute Gasteiger partial charge is 0.495 e. The average Bonchev–Trinajstić information content (AvgIpc) is 3.31. The van der Waals surface area contributed by atoms with E-state index in [0.717, 1.165) is 11.3 Å². The number of methoxy groups -OCH3 is 1. The monoisotopic (exact) mass is 492 g/mol. The number of amides is 1. The molecule has 9 heteroatoms. The van der Waals surface area contributed by atoms with Crippen molar-refractivity contribution in [2.75, 3.05) is 13.8 Å². The number of ether oxygens (including phenoxy) is 2. The second kappa shape index (κ2) is 10.0. The van der Waals surface area contributed by atoms with Crippen LogP contribution in [-0.4, -0.2) is 37.5 Å². The molecule has 0 aliphatic carbocycles. The number of carbonyl (C=O) groups excluding carboxylic acids is 1. The molecule has 0 atom stereocenters. The maximum Gasteiger partial charge on any atom is 0.306 e. The van der Waals surface area contributed by atoms with Gasteiger partial charge in [0.1, 0.15) is 17.3 Å². The molecule has 35 heavy (non-hydrogen) atoms. The van der Waals surface area contributed by atoms with Crippen molar-refractivity contribution in [3.05, 3.63) is 96.1 Å². The van der Waals surface area contributed by atoms with E-state index >= 15 is 0 Å². The van der Waals surface area contributed by atoms with E-state index in [9.17, 15) is 13.2 Å². The lowest BCUT2D eigenvalue weighted by Gasteiger charge is -2.22. The first-order chi connectivity index (χ1) is 16.8. The van der Waals surface area contributed by atoms with Gasteiger partial charge in [0.25, 0.3) is 10.0 Å². The first-order valence-corrected chi connectivity index (χ1v) is 12.2. The molecule has 2 aromatic carbocycles. The van der Waals surface area contributed by atoms with Crippen molar-refractivity contribution in [2.45, 2.75) is 18.7 Å². The molecule has 0 radical (unpaired) electrons. The molecule has 4 aromatic rings. The molecular formula is C26H24N2O6S. The molecular weight excluding hydrogens is 468 g/mol. The number of hydrogen-bond acceptors (Lipinski definition) is 7. The number of benzene rings is 2. The minimum atomic E-state index is -4.22. The Morgan fingerprint density at radius 3 is 2.26 bits per heavy atom. The highest BCUT2D eigenvalue weighted by molar-refractivity contribution is 7.89. The minimum absolute atomic E-state index is 0.0150. The van der Waals surface area contributed by atoms with Crippen LogP contribution in [0.15, 0.2) is 88.3 Å². The lowest BCUT2D eigenvalue weighted by molar-refractivity contribution is 0.0744. The van der Waals surface area contributed by atoms with E-state index in [0.29, 0.717) is 27.1 Å². The van der Waals surface area contributed by atoms with Gasteiger partial charge in [-0.05, 0) is 74.0 Å². The number of nitrogens with zero attached hydrogens (tertiary/aromatic N) is 2. The zero-order valence-corrected chi connectivity index (χ0v) is 20.3. The highest BCUT2D eigenvalue weighted by atomic mass is 32.2. The summed E-state index contributed by atoms with van der Waals surface area (Å²) in [6.07, 6.45) is 1.62. The Morgan fingerprint density at radius 1 is 0.943 bits per heavy atom. The summed E-state index contributed by atoms with van der Waals surface area (Å²) in [7, 11) is -2.65. The van der Waals surface area contributed by atoms with E-state index < -0.39 is 22.7 Å². The van der Waals surface area contributed by atoms with E-state index in [2.05, 4.69) is 4.98 Å². The zero-order valence-electron chi connectivity index (χ0n) is 19.5. The molecule has 0 fully saturated rings. The van der Waals surface area contributed by atoms with Crippen LogP contribution in [-0.2, 0) is 10.0 Å². The van der Waals surface area contributed by atoms with Crippen LogP contribution >= 0.6 is 0 Å². The molecule has 2 aromatic heterocycles. The Morgan fingerprint density at radius 2 is 1.66 bits per heavy atom. The van der Waals surface area contributed by atoms with Crippen molar-refractivity contribution in [1.82, 2.24) is 9.29 Å². The average molecular weight is 493 g/mol. The van der Waals surface area contributed by atoms with E-state index in [-0.39, 0.29) is 10.7 Å². The van der Waals surface area contributed by atoms with Crippen LogP contribution in [0.25, 0.3) is 11.3 Å². The fourth-order valence-electron chi connectivity index (χ4n) is 3.40. The second-order valence-corrected chi connectivity index (χ2v) is 9.55. The maximum absolute atomic E-state index is 13.5. The van der Waals surface area contributed by atoms with Crippen molar-refractivity contribution < 1.29 is 27.1 Å². The third-order valence-electron chi connectivity index (χ3n) is 5.31. The van der Waals surface area contributed by atoms with Crippen molar-refractivity contribution in [3.63, 3.8) is 0 Å². The standard InChI is InChI=1S/C26H24N2O6S/c1-18-6-4-5-7-25(18)35(30,31)28(26(29)24-15-8-19(2)34-24)17-33-21-11-9-20(10-12-21)23-14-13-22(32-3)16-27-23/h4-16H,17H2,1-3H3. The Bertz CT molecular complexity index is 1430. The third kappa shape index (κ3) is 5.20. The SMILES string of the molecule is COc1ccc(-c2ccc(OCN(C(=O)c3ccc(C)o3)S(=O)(=O)c3ccccc3C)cc2)nc1. The molecule has 0 N–H and O–H groups in total. The zero-order chi connectivity index (χ0) is 25.0. The topological polar surface area (TPSA) is 98.9 Å². The number of aryl methyl sites for hydroxylation is 2. The summed E-state index contributed by atoms with van der Waals surface area (Å²) in [5, 5.41) is 0. The first-order valence-electron chi connectivity index (χ1n) is 10.7. The summed E-state index contributed by atoms with van der Waals surface area (Å²) in [5.41, 5.74) is 2.09. The fraction of sp³-hybridized carbons (Fsp3) is 0.154. The van der Waals surface area contributed by atoms with Crippen molar-refractivity contribution >= 4 is 15.9 Å². The fourth-order valence-corrected chi connectivity index (χ4v) is 4.86. The first kappa shape index (κ1) is 24.0. The quantitative estimate of drug-likeness (QED) is 0.325. The predicted molar refractivity (Wildman–Crippen MR) is 130 cm³/mol. The molecule has 0 unspecified atom stereocenters. The number of hydrogen-bond donors (Lipinski definition) is 0. The van der Waals surface area contributed by atoms with Crippen LogP contribution in [0.4, 0.5) is 0 Å². The van der Waals surface area contributed by atoms with Crippen molar-refractivity contribution in [2.24, 2.45) is 0 Å². The summed E-state index contributed by atoms with van der Waals surface area (Å²) in [6.45, 7) is 2.81. The number of carbonyl (C=O) groups is 1. The Hall–Kier alpha value is -4.11. The van der Waals surface area contributed by atoms with Crippen LogP contribution in [0.2, 0.25) is 0 Å². The summed E-state index contributed by atoms with van der Waals surface area (Å²) in [4.78, 5) is 17.5. The third-order valence-corrected chi connectivity index (χ3v) is 7.18. The number of aromatic nitrogens is 1. The van der Waals surface area contributed by atoms with E-state index in [4.69, 9.17) is 13.9 Å².